The molecule has 96 valence electrons. The van der Waals surface area contributed by atoms with Gasteiger partial charge in [0, 0.05) is 9.50 Å². The molecule has 2 nitrogen and oxygen atoms in total. The lowest BCUT2D eigenvalue weighted by Crippen LogP contribution is -2.29. The summed E-state index contributed by atoms with van der Waals surface area (Å²) in [5.41, 5.74) is 5.14. The van der Waals surface area contributed by atoms with Crippen LogP contribution in [-0.2, 0) is 6.42 Å². The molecule has 0 spiro atoms. The highest BCUT2D eigenvalue weighted by Gasteiger charge is 2.14. The van der Waals surface area contributed by atoms with Gasteiger partial charge in [0.15, 0.2) is 0 Å². The maximum Gasteiger partial charge on any atom is 0.0656 e. The molecule has 1 unspecified atom stereocenters. The van der Waals surface area contributed by atoms with Gasteiger partial charge in [-0.25, -0.2) is 0 Å². The maximum atomic E-state index is 6.23. The number of thiophene rings is 1. The summed E-state index contributed by atoms with van der Waals surface area (Å²) in [6, 6.07) is 8.15. The Kier molecular flexibility index (Phi) is 5.47. The summed E-state index contributed by atoms with van der Waals surface area (Å²) in [6.45, 7) is 0. The van der Waals surface area contributed by atoms with Crippen LogP contribution in [0.15, 0.2) is 34.1 Å². The van der Waals surface area contributed by atoms with Crippen molar-refractivity contribution >= 4 is 61.5 Å². The normalized spacial score (nSPS) is 12.7. The molecule has 3 N–H and O–H groups in total. The Labute approximate surface area is 137 Å². The molecule has 0 saturated carbocycles. The van der Waals surface area contributed by atoms with E-state index < -0.39 is 0 Å². The molecule has 0 radical (unpaired) electrons. The lowest BCUT2D eigenvalue weighted by Gasteiger charge is -2.15. The Morgan fingerprint density at radius 3 is 2.78 bits per heavy atom. The largest absolute Gasteiger partial charge is 0.271 e. The predicted molar refractivity (Wildman–Crippen MR) is 90.0 cm³/mol. The van der Waals surface area contributed by atoms with Crippen molar-refractivity contribution in [3.63, 3.8) is 0 Å². The van der Waals surface area contributed by atoms with Crippen LogP contribution in [0.4, 0.5) is 0 Å². The SMILES string of the molecule is NNC(Cc1ccc(Br)cc1Cl)c1csc(I)c1. The van der Waals surface area contributed by atoms with Crippen LogP contribution in [0, 0.1) is 2.88 Å². The number of benzene rings is 1. The predicted octanol–water partition coefficient (Wildman–Crippen LogP) is 4.52. The fraction of sp³-hybridized carbons (Fsp3) is 0.167. The first-order valence-corrected chi connectivity index (χ1v) is 8.37. The fourth-order valence-corrected chi connectivity index (χ4v) is 3.86. The van der Waals surface area contributed by atoms with Crippen molar-refractivity contribution in [3.05, 3.63) is 53.2 Å². The summed E-state index contributed by atoms with van der Waals surface area (Å²) < 4.78 is 2.24. The quantitative estimate of drug-likeness (QED) is 0.403. The molecule has 1 atom stereocenters. The third-order valence-corrected chi connectivity index (χ3v) is 5.28. The lowest BCUT2D eigenvalue weighted by atomic mass is 10.0. The van der Waals surface area contributed by atoms with Crippen LogP contribution >= 0.6 is 61.5 Å². The van der Waals surface area contributed by atoms with Gasteiger partial charge >= 0.3 is 0 Å². The zero-order valence-electron chi connectivity index (χ0n) is 9.29. The second kappa shape index (κ2) is 6.67. The van der Waals surface area contributed by atoms with E-state index in [0.29, 0.717) is 0 Å². The zero-order chi connectivity index (χ0) is 13.1. The minimum absolute atomic E-state index is 0.0865. The van der Waals surface area contributed by atoms with Crippen molar-refractivity contribution in [2.45, 2.75) is 12.5 Å². The molecule has 0 bridgehead atoms. The van der Waals surface area contributed by atoms with E-state index in [1.54, 1.807) is 11.3 Å². The standard InChI is InChI=1S/C12H11BrClIN2S/c13-9-2-1-7(10(14)5-9)3-11(17-16)8-4-12(15)18-6-8/h1-2,4-6,11,17H,3,16H2. The summed E-state index contributed by atoms with van der Waals surface area (Å²) in [7, 11) is 0. The van der Waals surface area contributed by atoms with E-state index in [0.717, 1.165) is 21.5 Å². The molecule has 0 aliphatic heterocycles. The zero-order valence-corrected chi connectivity index (χ0v) is 14.6. The molecular weight excluding hydrogens is 446 g/mol. The Hall–Kier alpha value is 0.340. The summed E-state index contributed by atoms with van der Waals surface area (Å²) >= 11 is 13.7. The first-order valence-electron chi connectivity index (χ1n) is 5.24. The van der Waals surface area contributed by atoms with Crippen molar-refractivity contribution in [1.29, 1.82) is 0 Å². The Balaban J connectivity index is 2.20. The van der Waals surface area contributed by atoms with Gasteiger partial charge in [0.1, 0.15) is 0 Å². The smallest absolute Gasteiger partial charge is 0.0656 e. The van der Waals surface area contributed by atoms with Gasteiger partial charge in [0.2, 0.25) is 0 Å². The highest BCUT2D eigenvalue weighted by Crippen LogP contribution is 2.28. The monoisotopic (exact) mass is 456 g/mol. The molecule has 2 aromatic rings. The molecule has 6 heteroatoms. The average Bonchev–Trinajstić information content (AvgIpc) is 2.75. The highest BCUT2D eigenvalue weighted by molar-refractivity contribution is 14.1. The topological polar surface area (TPSA) is 38.0 Å². The van der Waals surface area contributed by atoms with Crippen LogP contribution in [0.1, 0.15) is 17.2 Å². The minimum Gasteiger partial charge on any atom is -0.271 e. The van der Waals surface area contributed by atoms with Crippen LogP contribution in [0.5, 0.6) is 0 Å². The summed E-state index contributed by atoms with van der Waals surface area (Å²) in [5, 5.41) is 2.88. The van der Waals surface area contributed by atoms with Gasteiger partial charge in [-0.05, 0) is 63.7 Å². The lowest BCUT2D eigenvalue weighted by molar-refractivity contribution is 0.553. The van der Waals surface area contributed by atoms with Crippen LogP contribution in [0.3, 0.4) is 0 Å². The van der Waals surface area contributed by atoms with Gasteiger partial charge in [0.25, 0.3) is 0 Å². The molecule has 0 aliphatic carbocycles. The molecule has 0 saturated heterocycles. The second-order valence-corrected chi connectivity index (χ2v) is 7.97. The van der Waals surface area contributed by atoms with Crippen molar-refractivity contribution in [2.24, 2.45) is 5.84 Å². The van der Waals surface area contributed by atoms with Crippen molar-refractivity contribution in [3.8, 4) is 0 Å². The third-order valence-electron chi connectivity index (χ3n) is 2.63. The number of rotatable bonds is 4. The summed E-state index contributed by atoms with van der Waals surface area (Å²) in [4.78, 5) is 0. The Morgan fingerprint density at radius 1 is 1.44 bits per heavy atom. The Morgan fingerprint density at radius 2 is 2.22 bits per heavy atom. The van der Waals surface area contributed by atoms with E-state index in [-0.39, 0.29) is 6.04 Å². The molecule has 0 aliphatic rings. The van der Waals surface area contributed by atoms with E-state index in [9.17, 15) is 0 Å². The van der Waals surface area contributed by atoms with E-state index in [1.807, 2.05) is 18.2 Å². The Bertz CT molecular complexity index is 547. The molecule has 1 aromatic heterocycles. The molecule has 2 rings (SSSR count). The second-order valence-electron chi connectivity index (χ2n) is 3.84. The molecule has 0 fully saturated rings. The highest BCUT2D eigenvalue weighted by atomic mass is 127. The number of hydrazine groups is 1. The molecular formula is C12H11BrClIN2S. The molecule has 1 aromatic carbocycles. The van der Waals surface area contributed by atoms with E-state index in [2.05, 4.69) is 55.4 Å². The fourth-order valence-electron chi connectivity index (χ4n) is 1.69. The van der Waals surface area contributed by atoms with Crippen molar-refractivity contribution in [1.82, 2.24) is 5.43 Å². The van der Waals surface area contributed by atoms with Crippen LogP contribution in [0.2, 0.25) is 5.02 Å². The number of nitrogens with one attached hydrogen (secondary N) is 1. The average molecular weight is 458 g/mol. The maximum absolute atomic E-state index is 6.23. The summed E-state index contributed by atoms with van der Waals surface area (Å²) in [5.74, 6) is 5.64. The number of hydrogen-bond donors (Lipinski definition) is 2. The van der Waals surface area contributed by atoms with E-state index >= 15 is 0 Å². The van der Waals surface area contributed by atoms with Gasteiger partial charge in [-0.1, -0.05) is 33.6 Å². The van der Waals surface area contributed by atoms with Gasteiger partial charge < -0.3 is 0 Å². The van der Waals surface area contributed by atoms with E-state index in [4.69, 9.17) is 17.4 Å². The van der Waals surface area contributed by atoms with Gasteiger partial charge in [-0.2, -0.15) is 0 Å². The van der Waals surface area contributed by atoms with Gasteiger partial charge in [0.05, 0.1) is 8.93 Å². The van der Waals surface area contributed by atoms with Crippen molar-refractivity contribution in [2.75, 3.05) is 0 Å². The first kappa shape index (κ1) is 14.7. The third kappa shape index (κ3) is 3.68. The molecule has 1 heterocycles. The minimum atomic E-state index is 0.0865. The molecule has 0 amide bonds. The van der Waals surface area contributed by atoms with Crippen LogP contribution in [-0.4, -0.2) is 0 Å². The molecule has 18 heavy (non-hydrogen) atoms. The van der Waals surface area contributed by atoms with Gasteiger partial charge in [-0.3, -0.25) is 11.3 Å². The number of nitrogens with two attached hydrogens (primary N) is 1. The summed E-state index contributed by atoms with van der Waals surface area (Å²) in [6.07, 6.45) is 0.773. The van der Waals surface area contributed by atoms with Crippen LogP contribution in [0.25, 0.3) is 0 Å². The number of hydrogen-bond acceptors (Lipinski definition) is 3. The van der Waals surface area contributed by atoms with Crippen LogP contribution < -0.4 is 11.3 Å². The number of halogens is 3. The first-order chi connectivity index (χ1) is 8.60. The van der Waals surface area contributed by atoms with E-state index in [1.165, 1.54) is 8.45 Å². The van der Waals surface area contributed by atoms with Crippen molar-refractivity contribution < 1.29 is 0 Å². The van der Waals surface area contributed by atoms with Gasteiger partial charge in [-0.15, -0.1) is 11.3 Å².